The number of carbonyl (C=O) groups is 1. The molecular weight excluding hydrogens is 338 g/mol. The lowest BCUT2D eigenvalue weighted by Crippen LogP contribution is -2.42. The number of piperidine rings is 1. The summed E-state index contributed by atoms with van der Waals surface area (Å²) in [5.41, 5.74) is 0.634. The second kappa shape index (κ2) is 7.85. The van der Waals surface area contributed by atoms with Crippen molar-refractivity contribution < 1.29 is 13.2 Å². The minimum absolute atomic E-state index is 0.0519. The van der Waals surface area contributed by atoms with Crippen LogP contribution in [0, 0.1) is 0 Å². The lowest BCUT2D eigenvalue weighted by molar-refractivity contribution is -0.118. The molecule has 1 aromatic carbocycles. The van der Waals surface area contributed by atoms with E-state index in [0.717, 1.165) is 32.2 Å². The van der Waals surface area contributed by atoms with E-state index < -0.39 is 10.0 Å². The van der Waals surface area contributed by atoms with Gasteiger partial charge < -0.3 is 5.32 Å². The monoisotopic (exact) mass is 365 g/mol. The highest BCUT2D eigenvalue weighted by Gasteiger charge is 2.27. The molecule has 1 atom stereocenters. The van der Waals surface area contributed by atoms with Gasteiger partial charge in [-0.1, -0.05) is 6.42 Å². The molecule has 1 aromatic rings. The van der Waals surface area contributed by atoms with Crippen molar-refractivity contribution in [3.05, 3.63) is 24.3 Å². The lowest BCUT2D eigenvalue weighted by atomic mass is 10.0. The summed E-state index contributed by atoms with van der Waals surface area (Å²) in [4.78, 5) is 14.7. The molecule has 1 amide bonds. The van der Waals surface area contributed by atoms with Gasteiger partial charge in [-0.25, -0.2) is 8.42 Å². The smallest absolute Gasteiger partial charge is 0.243 e. The van der Waals surface area contributed by atoms with Crippen LogP contribution in [0.25, 0.3) is 0 Å². The van der Waals surface area contributed by atoms with Gasteiger partial charge in [-0.15, -0.1) is 0 Å². The summed E-state index contributed by atoms with van der Waals surface area (Å²) in [6, 6.07) is 6.92. The first-order valence-corrected chi connectivity index (χ1v) is 10.5. The highest BCUT2D eigenvalue weighted by molar-refractivity contribution is 7.89. The predicted octanol–water partition coefficient (Wildman–Crippen LogP) is 2.28. The van der Waals surface area contributed by atoms with Gasteiger partial charge in [0.1, 0.15) is 0 Å². The number of rotatable bonds is 5. The molecule has 138 valence electrons. The van der Waals surface area contributed by atoms with Crippen molar-refractivity contribution in [1.29, 1.82) is 0 Å². The Morgan fingerprint density at radius 2 is 1.72 bits per heavy atom. The van der Waals surface area contributed by atoms with Crippen LogP contribution < -0.4 is 5.32 Å². The number of hydrogen-bond donors (Lipinski definition) is 1. The van der Waals surface area contributed by atoms with E-state index in [9.17, 15) is 13.2 Å². The van der Waals surface area contributed by atoms with Gasteiger partial charge >= 0.3 is 0 Å². The van der Waals surface area contributed by atoms with Crippen molar-refractivity contribution in [1.82, 2.24) is 9.21 Å². The average molecular weight is 365 g/mol. The highest BCUT2D eigenvalue weighted by atomic mass is 32.2. The van der Waals surface area contributed by atoms with E-state index in [0.29, 0.717) is 31.4 Å². The van der Waals surface area contributed by atoms with Gasteiger partial charge in [0.2, 0.25) is 15.9 Å². The Kier molecular flexibility index (Phi) is 5.76. The molecule has 0 bridgehead atoms. The Bertz CT molecular complexity index is 697. The highest BCUT2D eigenvalue weighted by Crippen LogP contribution is 2.22. The van der Waals surface area contributed by atoms with E-state index in [1.165, 1.54) is 10.7 Å². The quantitative estimate of drug-likeness (QED) is 0.869. The maximum absolute atomic E-state index is 12.5. The van der Waals surface area contributed by atoms with E-state index in [-0.39, 0.29) is 10.8 Å². The number of hydrogen-bond acceptors (Lipinski definition) is 4. The molecule has 6 nitrogen and oxygen atoms in total. The van der Waals surface area contributed by atoms with E-state index >= 15 is 0 Å². The molecule has 2 fully saturated rings. The van der Waals surface area contributed by atoms with Crippen LogP contribution in [-0.2, 0) is 14.8 Å². The van der Waals surface area contributed by atoms with Crippen LogP contribution >= 0.6 is 0 Å². The van der Waals surface area contributed by atoms with Crippen molar-refractivity contribution in [2.24, 2.45) is 0 Å². The summed E-state index contributed by atoms with van der Waals surface area (Å²) in [6.45, 7) is 4.69. The molecular formula is C18H27N3O3S. The third-order valence-electron chi connectivity index (χ3n) is 5.13. The molecule has 0 spiro atoms. The van der Waals surface area contributed by atoms with Crippen LogP contribution in [0.5, 0.6) is 0 Å². The summed E-state index contributed by atoms with van der Waals surface area (Å²) in [7, 11) is -3.40. The van der Waals surface area contributed by atoms with Crippen molar-refractivity contribution in [3.8, 4) is 0 Å². The number of nitrogens with one attached hydrogen (secondary N) is 1. The number of carbonyl (C=O) groups excluding carboxylic acids is 1. The summed E-state index contributed by atoms with van der Waals surface area (Å²) in [6.07, 6.45) is 5.34. The van der Waals surface area contributed by atoms with Crippen molar-refractivity contribution >= 4 is 21.6 Å². The normalized spacial score (nSPS) is 22.8. The maximum atomic E-state index is 12.5. The van der Waals surface area contributed by atoms with Gasteiger partial charge in [-0.3, -0.25) is 9.69 Å². The van der Waals surface area contributed by atoms with Gasteiger partial charge in [0.15, 0.2) is 0 Å². The molecule has 2 aliphatic rings. The van der Waals surface area contributed by atoms with Crippen LogP contribution in [-0.4, -0.2) is 55.8 Å². The summed E-state index contributed by atoms with van der Waals surface area (Å²) >= 11 is 0. The predicted molar refractivity (Wildman–Crippen MR) is 98.0 cm³/mol. The van der Waals surface area contributed by atoms with Crippen LogP contribution in [0.1, 0.15) is 39.0 Å². The Labute approximate surface area is 150 Å². The van der Waals surface area contributed by atoms with Crippen molar-refractivity contribution in [2.75, 3.05) is 31.5 Å². The molecule has 1 N–H and O–H groups in total. The van der Waals surface area contributed by atoms with Gasteiger partial charge in [0.25, 0.3) is 0 Å². The number of nitrogens with zero attached hydrogens (tertiary/aromatic N) is 2. The van der Waals surface area contributed by atoms with Gasteiger partial charge in [0, 0.05) is 24.8 Å². The van der Waals surface area contributed by atoms with Crippen LogP contribution in [0.2, 0.25) is 0 Å². The first kappa shape index (κ1) is 18.4. The first-order valence-electron chi connectivity index (χ1n) is 9.11. The van der Waals surface area contributed by atoms with Crippen LogP contribution in [0.3, 0.4) is 0 Å². The molecule has 25 heavy (non-hydrogen) atoms. The Hall–Kier alpha value is -1.44. The van der Waals surface area contributed by atoms with Crippen LogP contribution in [0.4, 0.5) is 5.69 Å². The Morgan fingerprint density at radius 3 is 2.36 bits per heavy atom. The lowest BCUT2D eigenvalue weighted by Gasteiger charge is -2.32. The molecule has 2 heterocycles. The second-order valence-electron chi connectivity index (χ2n) is 7.00. The number of benzene rings is 1. The van der Waals surface area contributed by atoms with E-state index in [1.54, 1.807) is 24.3 Å². The summed E-state index contributed by atoms with van der Waals surface area (Å²) in [5.74, 6) is -0.0519. The van der Waals surface area contributed by atoms with Crippen molar-refractivity contribution in [3.63, 3.8) is 0 Å². The number of anilines is 1. The largest absolute Gasteiger partial charge is 0.325 e. The molecule has 0 saturated carbocycles. The molecule has 0 unspecified atom stereocenters. The molecule has 0 aliphatic carbocycles. The summed E-state index contributed by atoms with van der Waals surface area (Å²) in [5, 5.41) is 2.87. The molecule has 2 saturated heterocycles. The summed E-state index contributed by atoms with van der Waals surface area (Å²) < 4.78 is 26.5. The third-order valence-corrected chi connectivity index (χ3v) is 7.04. The Morgan fingerprint density at radius 1 is 1.08 bits per heavy atom. The SMILES string of the molecule is C[C@H]1CCCCN1CC(=O)Nc1ccc(S(=O)(=O)N2CCCC2)cc1. The number of sulfonamides is 1. The third kappa shape index (κ3) is 4.40. The van der Waals surface area contributed by atoms with E-state index in [2.05, 4.69) is 17.1 Å². The van der Waals surface area contributed by atoms with Gasteiger partial charge in [0.05, 0.1) is 11.4 Å². The van der Waals surface area contributed by atoms with Crippen LogP contribution in [0.15, 0.2) is 29.2 Å². The average Bonchev–Trinajstić information content (AvgIpc) is 3.13. The minimum Gasteiger partial charge on any atom is -0.325 e. The minimum atomic E-state index is -3.40. The molecule has 2 aliphatic heterocycles. The maximum Gasteiger partial charge on any atom is 0.243 e. The zero-order chi connectivity index (χ0) is 17.9. The van der Waals surface area contributed by atoms with Crippen molar-refractivity contribution in [2.45, 2.75) is 50.0 Å². The fourth-order valence-electron chi connectivity index (χ4n) is 3.57. The number of likely N-dealkylation sites (tertiary alicyclic amines) is 1. The molecule has 0 aromatic heterocycles. The zero-order valence-corrected chi connectivity index (χ0v) is 15.6. The fourth-order valence-corrected chi connectivity index (χ4v) is 5.08. The topological polar surface area (TPSA) is 69.7 Å². The van der Waals surface area contributed by atoms with Gasteiger partial charge in [-0.2, -0.15) is 4.31 Å². The second-order valence-corrected chi connectivity index (χ2v) is 8.94. The molecule has 3 rings (SSSR count). The molecule has 0 radical (unpaired) electrons. The molecule has 7 heteroatoms. The standard InChI is InChI=1S/C18H27N3O3S/c1-15-6-2-3-11-20(15)14-18(22)19-16-7-9-17(10-8-16)25(23,24)21-12-4-5-13-21/h7-10,15H,2-6,11-14H2,1H3,(H,19,22)/t15-/m0/s1. The Balaban J connectivity index is 1.59. The fraction of sp³-hybridized carbons (Fsp3) is 0.611. The van der Waals surface area contributed by atoms with Gasteiger partial charge in [-0.05, 0) is 63.4 Å². The van der Waals surface area contributed by atoms with E-state index in [4.69, 9.17) is 0 Å². The number of amides is 1. The first-order chi connectivity index (χ1) is 12.0. The van der Waals surface area contributed by atoms with E-state index in [1.807, 2.05) is 0 Å². The zero-order valence-electron chi connectivity index (χ0n) is 14.8.